The third kappa shape index (κ3) is 7.65. The van der Waals surface area contributed by atoms with Crippen molar-refractivity contribution in [2.75, 3.05) is 30.3 Å². The number of aliphatic hydroxyl groups excluding tert-OH is 1. The molecule has 120 valence electrons. The van der Waals surface area contributed by atoms with E-state index in [-0.39, 0.29) is 12.7 Å². The van der Waals surface area contributed by atoms with Gasteiger partial charge in [-0.1, -0.05) is 6.92 Å². The molecule has 0 saturated carbocycles. The van der Waals surface area contributed by atoms with E-state index in [1.807, 2.05) is 13.8 Å². The van der Waals surface area contributed by atoms with Crippen molar-refractivity contribution >= 4 is 11.9 Å². The summed E-state index contributed by atoms with van der Waals surface area (Å²) < 4.78 is 5.55. The predicted octanol–water partition coefficient (Wildman–Crippen LogP) is 2.06. The first-order valence-corrected chi connectivity index (χ1v) is 7.67. The maximum absolute atomic E-state index is 8.74. The predicted molar refractivity (Wildman–Crippen MR) is 83.8 cm³/mol. The van der Waals surface area contributed by atoms with Crippen LogP contribution in [0.2, 0.25) is 0 Å². The van der Waals surface area contributed by atoms with Gasteiger partial charge in [0.25, 0.3) is 0 Å². The monoisotopic (exact) mass is 297 g/mol. The summed E-state index contributed by atoms with van der Waals surface area (Å²) in [6.07, 6.45) is 3.78. The Balaban J connectivity index is 2.62. The zero-order valence-electron chi connectivity index (χ0n) is 13.2. The topological polar surface area (TPSA) is 92.2 Å². The fourth-order valence-corrected chi connectivity index (χ4v) is 1.63. The minimum Gasteiger partial charge on any atom is -0.461 e. The molecule has 0 bridgehead atoms. The normalized spacial score (nSPS) is 10.7. The number of hydrogen-bond acceptors (Lipinski definition) is 7. The zero-order chi connectivity index (χ0) is 15.5. The molecule has 3 N–H and O–H groups in total. The highest BCUT2D eigenvalue weighted by Gasteiger charge is 2.08. The van der Waals surface area contributed by atoms with Gasteiger partial charge in [0.2, 0.25) is 11.9 Å². The number of nitrogens with one attached hydrogen (secondary N) is 2. The lowest BCUT2D eigenvalue weighted by Gasteiger charge is -2.12. The van der Waals surface area contributed by atoms with Gasteiger partial charge in [0.05, 0.1) is 6.10 Å². The Kier molecular flexibility index (Phi) is 8.42. The quantitative estimate of drug-likeness (QED) is 0.538. The van der Waals surface area contributed by atoms with Crippen molar-refractivity contribution in [3.05, 3.63) is 0 Å². The van der Waals surface area contributed by atoms with Crippen molar-refractivity contribution in [3.63, 3.8) is 0 Å². The fourth-order valence-electron chi connectivity index (χ4n) is 1.63. The maximum atomic E-state index is 8.74. The molecule has 0 unspecified atom stereocenters. The molecule has 1 aromatic rings. The average Bonchev–Trinajstić information content (AvgIpc) is 2.44. The smallest absolute Gasteiger partial charge is 0.323 e. The van der Waals surface area contributed by atoms with E-state index in [2.05, 4.69) is 32.5 Å². The van der Waals surface area contributed by atoms with Crippen LogP contribution in [0.5, 0.6) is 6.01 Å². The third-order valence-electron chi connectivity index (χ3n) is 2.61. The van der Waals surface area contributed by atoms with Gasteiger partial charge >= 0.3 is 6.01 Å². The molecule has 21 heavy (non-hydrogen) atoms. The van der Waals surface area contributed by atoms with E-state index in [0.717, 1.165) is 38.8 Å². The molecule has 1 rings (SSSR count). The lowest BCUT2D eigenvalue weighted by atomic mass is 10.2. The molecule has 1 heterocycles. The van der Waals surface area contributed by atoms with Crippen LogP contribution in [-0.2, 0) is 0 Å². The Morgan fingerprint density at radius 3 is 2.24 bits per heavy atom. The van der Waals surface area contributed by atoms with Crippen LogP contribution in [0.4, 0.5) is 11.9 Å². The van der Waals surface area contributed by atoms with Crippen LogP contribution in [0, 0.1) is 0 Å². The van der Waals surface area contributed by atoms with Gasteiger partial charge in [-0.15, -0.1) is 0 Å². The molecule has 0 fully saturated rings. The average molecular weight is 297 g/mol. The Morgan fingerprint density at radius 2 is 1.67 bits per heavy atom. The van der Waals surface area contributed by atoms with Gasteiger partial charge in [-0.3, -0.25) is 0 Å². The van der Waals surface area contributed by atoms with Crippen LogP contribution < -0.4 is 15.4 Å². The van der Waals surface area contributed by atoms with E-state index in [4.69, 9.17) is 9.84 Å². The Labute approximate surface area is 126 Å². The molecule has 7 heteroatoms. The Morgan fingerprint density at radius 1 is 1.00 bits per heavy atom. The SMILES string of the molecule is CCCNc1nc(NCCCCCO)nc(OC(C)C)n1. The van der Waals surface area contributed by atoms with E-state index in [1.54, 1.807) is 0 Å². The van der Waals surface area contributed by atoms with E-state index in [9.17, 15) is 0 Å². The second kappa shape index (κ2) is 10.1. The number of ether oxygens (including phenoxy) is 1. The van der Waals surface area contributed by atoms with Gasteiger partial charge in [-0.05, 0) is 39.5 Å². The van der Waals surface area contributed by atoms with Gasteiger partial charge in [0.1, 0.15) is 0 Å². The second-order valence-corrected chi connectivity index (χ2v) is 5.07. The molecule has 0 aliphatic carbocycles. The van der Waals surface area contributed by atoms with Crippen molar-refractivity contribution in [3.8, 4) is 6.01 Å². The van der Waals surface area contributed by atoms with Crippen LogP contribution in [-0.4, -0.2) is 45.9 Å². The molecule has 0 aliphatic heterocycles. The van der Waals surface area contributed by atoms with Crippen LogP contribution >= 0.6 is 0 Å². The van der Waals surface area contributed by atoms with Gasteiger partial charge in [-0.25, -0.2) is 0 Å². The molecule has 0 atom stereocenters. The van der Waals surface area contributed by atoms with Crippen molar-refractivity contribution in [1.82, 2.24) is 15.0 Å². The van der Waals surface area contributed by atoms with E-state index in [1.165, 1.54) is 0 Å². The highest BCUT2D eigenvalue weighted by molar-refractivity contribution is 5.35. The summed E-state index contributed by atoms with van der Waals surface area (Å²) in [5, 5.41) is 15.1. The summed E-state index contributed by atoms with van der Waals surface area (Å²) in [5.41, 5.74) is 0. The largest absolute Gasteiger partial charge is 0.461 e. The number of aliphatic hydroxyl groups is 1. The van der Waals surface area contributed by atoms with Crippen LogP contribution in [0.3, 0.4) is 0 Å². The molecule has 7 nitrogen and oxygen atoms in total. The molecule has 0 aromatic carbocycles. The minimum atomic E-state index is 0.0174. The van der Waals surface area contributed by atoms with Crippen molar-refractivity contribution < 1.29 is 9.84 Å². The van der Waals surface area contributed by atoms with Crippen LogP contribution in [0.15, 0.2) is 0 Å². The maximum Gasteiger partial charge on any atom is 0.323 e. The Bertz CT molecular complexity index is 401. The van der Waals surface area contributed by atoms with Gasteiger partial charge in [0, 0.05) is 19.7 Å². The number of unbranched alkanes of at least 4 members (excludes halogenated alkanes) is 2. The van der Waals surface area contributed by atoms with Gasteiger partial charge in [-0.2, -0.15) is 15.0 Å². The fraction of sp³-hybridized carbons (Fsp3) is 0.786. The van der Waals surface area contributed by atoms with Crippen molar-refractivity contribution in [1.29, 1.82) is 0 Å². The summed E-state index contributed by atoms with van der Waals surface area (Å²) in [6.45, 7) is 7.76. The summed E-state index contributed by atoms with van der Waals surface area (Å²) >= 11 is 0. The first kappa shape index (κ1) is 17.4. The first-order valence-electron chi connectivity index (χ1n) is 7.67. The Hall–Kier alpha value is -1.63. The highest BCUT2D eigenvalue weighted by Crippen LogP contribution is 2.12. The molecule has 0 saturated heterocycles. The lowest BCUT2D eigenvalue weighted by Crippen LogP contribution is -2.14. The van der Waals surface area contributed by atoms with Gasteiger partial charge < -0.3 is 20.5 Å². The van der Waals surface area contributed by atoms with Crippen molar-refractivity contribution in [2.24, 2.45) is 0 Å². The zero-order valence-corrected chi connectivity index (χ0v) is 13.2. The van der Waals surface area contributed by atoms with E-state index >= 15 is 0 Å². The van der Waals surface area contributed by atoms with Crippen molar-refractivity contribution in [2.45, 2.75) is 52.6 Å². The second-order valence-electron chi connectivity index (χ2n) is 5.07. The van der Waals surface area contributed by atoms with E-state index in [0.29, 0.717) is 17.9 Å². The molecule has 0 spiro atoms. The molecule has 0 aliphatic rings. The molecular formula is C14H27N5O2. The summed E-state index contributed by atoms with van der Waals surface area (Å²) in [7, 11) is 0. The number of rotatable bonds is 11. The molecule has 1 aromatic heterocycles. The molecule has 0 amide bonds. The highest BCUT2D eigenvalue weighted by atomic mass is 16.5. The third-order valence-corrected chi connectivity index (χ3v) is 2.61. The number of aromatic nitrogens is 3. The van der Waals surface area contributed by atoms with Crippen LogP contribution in [0.1, 0.15) is 46.5 Å². The van der Waals surface area contributed by atoms with Gasteiger partial charge in [0.15, 0.2) is 0 Å². The number of nitrogens with zero attached hydrogens (tertiary/aromatic N) is 3. The minimum absolute atomic E-state index is 0.0174. The van der Waals surface area contributed by atoms with Crippen LogP contribution in [0.25, 0.3) is 0 Å². The first-order chi connectivity index (χ1) is 10.2. The number of hydrogen-bond donors (Lipinski definition) is 3. The van der Waals surface area contributed by atoms with E-state index < -0.39 is 0 Å². The summed E-state index contributed by atoms with van der Waals surface area (Å²) in [5.74, 6) is 1.05. The molecule has 0 radical (unpaired) electrons. The molecular weight excluding hydrogens is 270 g/mol. The number of anilines is 2. The summed E-state index contributed by atoms with van der Waals surface area (Å²) in [4.78, 5) is 12.8. The summed E-state index contributed by atoms with van der Waals surface area (Å²) in [6, 6.07) is 0.330. The lowest BCUT2D eigenvalue weighted by molar-refractivity contribution is 0.222. The standard InChI is InChI=1S/C14H27N5O2/c1-4-8-15-12-17-13(16-9-6-5-7-10-20)19-14(18-12)21-11(2)3/h11,20H,4-10H2,1-3H3,(H2,15,16,17,18,19).